The summed E-state index contributed by atoms with van der Waals surface area (Å²) in [6, 6.07) is 11.4. The van der Waals surface area contributed by atoms with Crippen molar-refractivity contribution in [1.29, 1.82) is 0 Å². The smallest absolute Gasteiger partial charge is 0.157 e. The molecule has 106 valence electrons. The van der Waals surface area contributed by atoms with Crippen LogP contribution in [0.4, 0.5) is 0 Å². The van der Waals surface area contributed by atoms with Crippen LogP contribution in [0.3, 0.4) is 0 Å². The SMILES string of the molecule is Br.Cc1cccc2c1CNCC2c1ccc(O)c(O)c1. The van der Waals surface area contributed by atoms with E-state index in [1.807, 2.05) is 6.07 Å². The molecular weight excluding hydrogens is 318 g/mol. The summed E-state index contributed by atoms with van der Waals surface area (Å²) >= 11 is 0. The van der Waals surface area contributed by atoms with Gasteiger partial charge in [-0.1, -0.05) is 24.3 Å². The van der Waals surface area contributed by atoms with E-state index in [-0.39, 0.29) is 34.4 Å². The fourth-order valence-corrected chi connectivity index (χ4v) is 2.80. The molecule has 0 aromatic heterocycles. The van der Waals surface area contributed by atoms with Crippen molar-refractivity contribution in [2.75, 3.05) is 6.54 Å². The molecule has 1 atom stereocenters. The number of rotatable bonds is 1. The zero-order valence-electron chi connectivity index (χ0n) is 11.3. The summed E-state index contributed by atoms with van der Waals surface area (Å²) in [4.78, 5) is 0. The molecule has 0 amide bonds. The number of hydrogen-bond donors (Lipinski definition) is 3. The molecule has 0 aliphatic carbocycles. The van der Waals surface area contributed by atoms with Gasteiger partial charge in [-0.15, -0.1) is 17.0 Å². The van der Waals surface area contributed by atoms with Gasteiger partial charge in [0.25, 0.3) is 0 Å². The van der Waals surface area contributed by atoms with Gasteiger partial charge in [-0.3, -0.25) is 0 Å². The van der Waals surface area contributed by atoms with E-state index in [2.05, 4.69) is 30.4 Å². The first-order chi connectivity index (χ1) is 9.16. The fourth-order valence-electron chi connectivity index (χ4n) is 2.80. The van der Waals surface area contributed by atoms with Crippen molar-refractivity contribution < 1.29 is 10.2 Å². The second-order valence-electron chi connectivity index (χ2n) is 5.07. The number of fused-ring (bicyclic) bond motifs is 1. The quantitative estimate of drug-likeness (QED) is 0.701. The van der Waals surface area contributed by atoms with Crippen LogP contribution in [0.2, 0.25) is 0 Å². The second kappa shape index (κ2) is 5.85. The molecule has 3 rings (SSSR count). The van der Waals surface area contributed by atoms with Crippen molar-refractivity contribution >= 4 is 17.0 Å². The summed E-state index contributed by atoms with van der Waals surface area (Å²) in [6.07, 6.45) is 0. The summed E-state index contributed by atoms with van der Waals surface area (Å²) in [7, 11) is 0. The van der Waals surface area contributed by atoms with Crippen molar-refractivity contribution in [2.45, 2.75) is 19.4 Å². The molecule has 1 heterocycles. The van der Waals surface area contributed by atoms with Crippen LogP contribution in [-0.2, 0) is 6.54 Å². The van der Waals surface area contributed by atoms with Gasteiger partial charge in [-0.05, 0) is 41.3 Å². The lowest BCUT2D eigenvalue weighted by Gasteiger charge is -2.28. The molecule has 1 aliphatic heterocycles. The van der Waals surface area contributed by atoms with E-state index < -0.39 is 0 Å². The third kappa shape index (κ3) is 2.53. The summed E-state index contributed by atoms with van der Waals surface area (Å²) in [6.45, 7) is 3.86. The Morgan fingerprint density at radius 1 is 1.10 bits per heavy atom. The largest absolute Gasteiger partial charge is 0.504 e. The normalized spacial score (nSPS) is 17.1. The predicted octanol–water partition coefficient (Wildman–Crippen LogP) is 3.22. The molecule has 2 aromatic carbocycles. The number of phenolic OH excluding ortho intramolecular Hbond substituents is 2. The van der Waals surface area contributed by atoms with E-state index in [4.69, 9.17) is 0 Å². The van der Waals surface area contributed by atoms with Crippen LogP contribution < -0.4 is 5.32 Å². The molecule has 3 nitrogen and oxygen atoms in total. The van der Waals surface area contributed by atoms with Crippen molar-refractivity contribution in [3.05, 3.63) is 58.7 Å². The Balaban J connectivity index is 0.00000147. The minimum Gasteiger partial charge on any atom is -0.504 e. The standard InChI is InChI=1S/C16H17NO2.BrH/c1-10-3-2-4-12-13(10)8-17-9-14(12)11-5-6-15(18)16(19)7-11;/h2-7,14,17-19H,8-9H2,1H3;1H. The highest BCUT2D eigenvalue weighted by molar-refractivity contribution is 8.93. The Kier molecular flexibility index (Phi) is 4.35. The third-order valence-corrected chi connectivity index (χ3v) is 3.87. The summed E-state index contributed by atoms with van der Waals surface area (Å²) in [5, 5.41) is 22.5. The van der Waals surface area contributed by atoms with Crippen molar-refractivity contribution in [2.24, 2.45) is 0 Å². The Morgan fingerprint density at radius 3 is 2.65 bits per heavy atom. The maximum atomic E-state index is 9.66. The van der Waals surface area contributed by atoms with Gasteiger partial charge in [0.15, 0.2) is 11.5 Å². The van der Waals surface area contributed by atoms with Gasteiger partial charge in [0.1, 0.15) is 0 Å². The second-order valence-corrected chi connectivity index (χ2v) is 5.07. The number of aromatic hydroxyl groups is 2. The van der Waals surface area contributed by atoms with Gasteiger partial charge in [0.05, 0.1) is 0 Å². The third-order valence-electron chi connectivity index (χ3n) is 3.87. The highest BCUT2D eigenvalue weighted by Crippen LogP contribution is 2.35. The van der Waals surface area contributed by atoms with Crippen LogP contribution in [0.25, 0.3) is 0 Å². The first-order valence-corrected chi connectivity index (χ1v) is 6.48. The molecule has 0 bridgehead atoms. The Bertz CT molecular complexity index is 628. The molecule has 0 radical (unpaired) electrons. The lowest BCUT2D eigenvalue weighted by molar-refractivity contribution is 0.402. The average molecular weight is 336 g/mol. The average Bonchev–Trinajstić information content (AvgIpc) is 2.42. The molecule has 1 unspecified atom stereocenters. The van der Waals surface area contributed by atoms with Crippen LogP contribution in [0.15, 0.2) is 36.4 Å². The number of nitrogens with one attached hydrogen (secondary N) is 1. The Morgan fingerprint density at radius 2 is 1.90 bits per heavy atom. The number of benzene rings is 2. The molecule has 1 aliphatic rings. The molecule has 20 heavy (non-hydrogen) atoms. The molecular formula is C16H18BrNO2. The molecule has 0 spiro atoms. The lowest BCUT2D eigenvalue weighted by Crippen LogP contribution is -2.29. The molecule has 3 N–H and O–H groups in total. The van der Waals surface area contributed by atoms with Crippen LogP contribution >= 0.6 is 17.0 Å². The minimum absolute atomic E-state index is 0. The molecule has 4 heteroatoms. The number of phenols is 2. The minimum atomic E-state index is -0.0722. The predicted molar refractivity (Wildman–Crippen MR) is 84.8 cm³/mol. The number of halogens is 1. The van der Waals surface area contributed by atoms with Gasteiger partial charge in [-0.2, -0.15) is 0 Å². The fraction of sp³-hybridized carbons (Fsp3) is 0.250. The number of hydrogen-bond acceptors (Lipinski definition) is 3. The zero-order valence-corrected chi connectivity index (χ0v) is 13.0. The Labute approximate surface area is 129 Å². The maximum absolute atomic E-state index is 9.66. The summed E-state index contributed by atoms with van der Waals surface area (Å²) < 4.78 is 0. The highest BCUT2D eigenvalue weighted by atomic mass is 79.9. The van der Waals surface area contributed by atoms with Crippen molar-refractivity contribution in [3.8, 4) is 11.5 Å². The van der Waals surface area contributed by atoms with E-state index in [0.717, 1.165) is 18.7 Å². The zero-order chi connectivity index (χ0) is 13.4. The van der Waals surface area contributed by atoms with Crippen LogP contribution in [0, 0.1) is 6.92 Å². The van der Waals surface area contributed by atoms with E-state index >= 15 is 0 Å². The number of aryl methyl sites for hydroxylation is 1. The van der Waals surface area contributed by atoms with Gasteiger partial charge in [0.2, 0.25) is 0 Å². The van der Waals surface area contributed by atoms with Crippen molar-refractivity contribution in [1.82, 2.24) is 5.32 Å². The molecule has 0 saturated carbocycles. The van der Waals surface area contributed by atoms with E-state index in [1.54, 1.807) is 12.1 Å². The molecule has 2 aromatic rings. The monoisotopic (exact) mass is 335 g/mol. The summed E-state index contributed by atoms with van der Waals surface area (Å²) in [5.74, 6) is 0.0874. The Hall–Kier alpha value is -1.52. The van der Waals surface area contributed by atoms with Gasteiger partial charge in [-0.25, -0.2) is 0 Å². The maximum Gasteiger partial charge on any atom is 0.157 e. The van der Waals surface area contributed by atoms with Gasteiger partial charge in [0, 0.05) is 19.0 Å². The topological polar surface area (TPSA) is 52.5 Å². The van der Waals surface area contributed by atoms with Crippen molar-refractivity contribution in [3.63, 3.8) is 0 Å². The van der Waals surface area contributed by atoms with Crippen LogP contribution in [0.1, 0.15) is 28.2 Å². The van der Waals surface area contributed by atoms with E-state index in [9.17, 15) is 10.2 Å². The lowest BCUT2D eigenvalue weighted by atomic mass is 9.84. The first kappa shape index (κ1) is 14.9. The van der Waals surface area contributed by atoms with Crippen LogP contribution in [0.5, 0.6) is 11.5 Å². The van der Waals surface area contributed by atoms with Gasteiger partial charge >= 0.3 is 0 Å². The van der Waals surface area contributed by atoms with E-state index in [0.29, 0.717) is 0 Å². The molecule has 0 fully saturated rings. The highest BCUT2D eigenvalue weighted by Gasteiger charge is 2.22. The van der Waals surface area contributed by atoms with E-state index in [1.165, 1.54) is 16.7 Å². The first-order valence-electron chi connectivity index (χ1n) is 6.48. The van der Waals surface area contributed by atoms with Gasteiger partial charge < -0.3 is 15.5 Å². The van der Waals surface area contributed by atoms with Crippen LogP contribution in [-0.4, -0.2) is 16.8 Å². The summed E-state index contributed by atoms with van der Waals surface area (Å²) in [5.41, 5.74) is 4.96. The molecule has 0 saturated heterocycles.